The molecule has 0 saturated carbocycles. The first kappa shape index (κ1) is 13.2. The summed E-state index contributed by atoms with van der Waals surface area (Å²) in [7, 11) is 1.97. The van der Waals surface area contributed by atoms with Gasteiger partial charge in [0, 0.05) is 13.2 Å². The van der Waals surface area contributed by atoms with Crippen molar-refractivity contribution in [1.82, 2.24) is 5.32 Å². The summed E-state index contributed by atoms with van der Waals surface area (Å²) in [6, 6.07) is 8.43. The zero-order chi connectivity index (χ0) is 11.8. The summed E-state index contributed by atoms with van der Waals surface area (Å²) in [5.41, 5.74) is 2.62. The van der Waals surface area contributed by atoms with E-state index in [1.807, 2.05) is 7.05 Å². The standard InChI is InChI=1S/C14H23NO/c1-12(2)8-9-16-11-14-7-5-4-6-13(14)10-15-3/h4-7,12,15H,8-11H2,1-3H3. The molecule has 0 amide bonds. The fraction of sp³-hybridized carbons (Fsp3) is 0.571. The van der Waals surface area contributed by atoms with E-state index in [9.17, 15) is 0 Å². The highest BCUT2D eigenvalue weighted by molar-refractivity contribution is 5.26. The largest absolute Gasteiger partial charge is 0.377 e. The van der Waals surface area contributed by atoms with Crippen molar-refractivity contribution in [1.29, 1.82) is 0 Å². The highest BCUT2D eigenvalue weighted by Gasteiger charge is 2.01. The third-order valence-electron chi connectivity index (χ3n) is 2.58. The number of rotatable bonds is 7. The predicted molar refractivity (Wildman–Crippen MR) is 68.3 cm³/mol. The fourth-order valence-corrected chi connectivity index (χ4v) is 1.56. The Morgan fingerprint density at radius 1 is 1.19 bits per heavy atom. The van der Waals surface area contributed by atoms with E-state index in [1.165, 1.54) is 11.1 Å². The molecule has 0 fully saturated rings. The van der Waals surface area contributed by atoms with E-state index in [1.54, 1.807) is 0 Å². The first-order valence-electron chi connectivity index (χ1n) is 6.03. The second-order valence-corrected chi connectivity index (χ2v) is 4.53. The van der Waals surface area contributed by atoms with E-state index < -0.39 is 0 Å². The van der Waals surface area contributed by atoms with Gasteiger partial charge in [0.05, 0.1) is 6.61 Å². The van der Waals surface area contributed by atoms with Crippen LogP contribution in [0, 0.1) is 5.92 Å². The van der Waals surface area contributed by atoms with Gasteiger partial charge in [-0.2, -0.15) is 0 Å². The number of benzene rings is 1. The molecule has 1 aromatic rings. The van der Waals surface area contributed by atoms with Crippen LogP contribution in [0.15, 0.2) is 24.3 Å². The molecule has 90 valence electrons. The lowest BCUT2D eigenvalue weighted by Gasteiger charge is -2.10. The molecule has 0 radical (unpaired) electrons. The number of nitrogens with one attached hydrogen (secondary N) is 1. The smallest absolute Gasteiger partial charge is 0.0720 e. The van der Waals surface area contributed by atoms with Crippen LogP contribution in [0.4, 0.5) is 0 Å². The van der Waals surface area contributed by atoms with Crippen LogP contribution >= 0.6 is 0 Å². The maximum atomic E-state index is 5.69. The van der Waals surface area contributed by atoms with Crippen LogP contribution in [-0.4, -0.2) is 13.7 Å². The second kappa shape index (κ2) is 7.42. The second-order valence-electron chi connectivity index (χ2n) is 4.53. The average Bonchev–Trinajstić information content (AvgIpc) is 2.26. The van der Waals surface area contributed by atoms with Crippen LogP contribution in [0.5, 0.6) is 0 Å². The summed E-state index contributed by atoms with van der Waals surface area (Å²) in [6.07, 6.45) is 1.13. The van der Waals surface area contributed by atoms with E-state index in [0.717, 1.165) is 26.2 Å². The minimum absolute atomic E-state index is 0.715. The van der Waals surface area contributed by atoms with E-state index in [2.05, 4.69) is 43.4 Å². The van der Waals surface area contributed by atoms with E-state index in [4.69, 9.17) is 4.74 Å². The molecule has 0 heterocycles. The Kier molecular flexibility index (Phi) is 6.12. The average molecular weight is 221 g/mol. The molecule has 1 aromatic carbocycles. The van der Waals surface area contributed by atoms with Gasteiger partial charge in [-0.15, -0.1) is 0 Å². The van der Waals surface area contributed by atoms with Gasteiger partial charge in [-0.05, 0) is 30.5 Å². The lowest BCUT2D eigenvalue weighted by molar-refractivity contribution is 0.110. The van der Waals surface area contributed by atoms with Crippen molar-refractivity contribution in [2.75, 3.05) is 13.7 Å². The van der Waals surface area contributed by atoms with Gasteiger partial charge < -0.3 is 10.1 Å². The lowest BCUT2D eigenvalue weighted by Crippen LogP contribution is -2.08. The van der Waals surface area contributed by atoms with Gasteiger partial charge in [0.25, 0.3) is 0 Å². The van der Waals surface area contributed by atoms with Crippen molar-refractivity contribution in [3.8, 4) is 0 Å². The summed E-state index contributed by atoms with van der Waals surface area (Å²) in [5, 5.41) is 3.18. The Balaban J connectivity index is 2.40. The van der Waals surface area contributed by atoms with Gasteiger partial charge in [0.1, 0.15) is 0 Å². The zero-order valence-electron chi connectivity index (χ0n) is 10.6. The van der Waals surface area contributed by atoms with Gasteiger partial charge in [0.15, 0.2) is 0 Å². The summed E-state index contributed by atoms with van der Waals surface area (Å²) in [6.45, 7) is 6.93. The van der Waals surface area contributed by atoms with Gasteiger partial charge in [-0.3, -0.25) is 0 Å². The Labute approximate surface area is 99.0 Å². The predicted octanol–water partition coefficient (Wildman–Crippen LogP) is 2.97. The number of ether oxygens (including phenoxy) is 1. The zero-order valence-corrected chi connectivity index (χ0v) is 10.6. The van der Waals surface area contributed by atoms with Gasteiger partial charge in [0.2, 0.25) is 0 Å². The molecule has 0 aliphatic rings. The van der Waals surface area contributed by atoms with Gasteiger partial charge >= 0.3 is 0 Å². The molecule has 0 aliphatic heterocycles. The highest BCUT2D eigenvalue weighted by atomic mass is 16.5. The third kappa shape index (κ3) is 4.77. The normalized spacial score (nSPS) is 11.0. The topological polar surface area (TPSA) is 21.3 Å². The van der Waals surface area contributed by atoms with Crippen molar-refractivity contribution in [2.24, 2.45) is 5.92 Å². The molecule has 2 nitrogen and oxygen atoms in total. The maximum Gasteiger partial charge on any atom is 0.0720 e. The molecule has 0 spiro atoms. The number of hydrogen-bond acceptors (Lipinski definition) is 2. The maximum absolute atomic E-state index is 5.69. The van der Waals surface area contributed by atoms with Gasteiger partial charge in [-0.1, -0.05) is 38.1 Å². The summed E-state index contributed by atoms with van der Waals surface area (Å²) in [5.74, 6) is 0.715. The lowest BCUT2D eigenvalue weighted by atomic mass is 10.1. The van der Waals surface area contributed by atoms with E-state index in [-0.39, 0.29) is 0 Å². The first-order valence-corrected chi connectivity index (χ1v) is 6.03. The van der Waals surface area contributed by atoms with Crippen molar-refractivity contribution in [3.05, 3.63) is 35.4 Å². The molecule has 0 aliphatic carbocycles. The number of hydrogen-bond donors (Lipinski definition) is 1. The Hall–Kier alpha value is -0.860. The van der Waals surface area contributed by atoms with Crippen LogP contribution in [0.3, 0.4) is 0 Å². The molecular formula is C14H23NO. The van der Waals surface area contributed by atoms with E-state index in [0.29, 0.717) is 5.92 Å². The Morgan fingerprint density at radius 2 is 1.88 bits per heavy atom. The highest BCUT2D eigenvalue weighted by Crippen LogP contribution is 2.10. The fourth-order valence-electron chi connectivity index (χ4n) is 1.56. The van der Waals surface area contributed by atoms with Crippen molar-refractivity contribution in [3.63, 3.8) is 0 Å². The van der Waals surface area contributed by atoms with Crippen molar-refractivity contribution in [2.45, 2.75) is 33.4 Å². The molecule has 0 unspecified atom stereocenters. The molecule has 16 heavy (non-hydrogen) atoms. The van der Waals surface area contributed by atoms with E-state index >= 15 is 0 Å². The van der Waals surface area contributed by atoms with Crippen LogP contribution in [0.2, 0.25) is 0 Å². The summed E-state index contributed by atoms with van der Waals surface area (Å²) >= 11 is 0. The van der Waals surface area contributed by atoms with Crippen molar-refractivity contribution >= 4 is 0 Å². The molecule has 0 saturated heterocycles. The molecular weight excluding hydrogens is 198 g/mol. The Bertz CT molecular complexity index is 297. The minimum atomic E-state index is 0.715. The van der Waals surface area contributed by atoms with Crippen LogP contribution in [0.25, 0.3) is 0 Å². The van der Waals surface area contributed by atoms with Crippen LogP contribution in [0.1, 0.15) is 31.4 Å². The SMILES string of the molecule is CNCc1ccccc1COCCC(C)C. The summed E-state index contributed by atoms with van der Waals surface area (Å²) < 4.78 is 5.69. The minimum Gasteiger partial charge on any atom is -0.377 e. The van der Waals surface area contributed by atoms with Crippen molar-refractivity contribution < 1.29 is 4.74 Å². The quantitative estimate of drug-likeness (QED) is 0.715. The molecule has 0 aromatic heterocycles. The molecule has 1 rings (SSSR count). The molecule has 0 bridgehead atoms. The van der Waals surface area contributed by atoms with Gasteiger partial charge in [-0.25, -0.2) is 0 Å². The molecule has 0 atom stereocenters. The third-order valence-corrected chi connectivity index (χ3v) is 2.58. The molecule has 2 heteroatoms. The molecule has 1 N–H and O–H groups in total. The Morgan fingerprint density at radius 3 is 2.50 bits per heavy atom. The first-order chi connectivity index (χ1) is 7.74. The summed E-state index contributed by atoms with van der Waals surface area (Å²) in [4.78, 5) is 0. The monoisotopic (exact) mass is 221 g/mol. The van der Waals surface area contributed by atoms with Crippen LogP contribution < -0.4 is 5.32 Å². The van der Waals surface area contributed by atoms with Crippen LogP contribution in [-0.2, 0) is 17.9 Å².